The molecule has 0 aliphatic heterocycles. The summed E-state index contributed by atoms with van der Waals surface area (Å²) in [4.78, 5) is 0. The maximum Gasteiger partial charge on any atom is 0.139 e. The van der Waals surface area contributed by atoms with Crippen LogP contribution in [0.1, 0.15) is 13.3 Å². The van der Waals surface area contributed by atoms with Gasteiger partial charge in [0.25, 0.3) is 0 Å². The molecule has 0 aliphatic rings. The van der Waals surface area contributed by atoms with Crippen LogP contribution in [0.3, 0.4) is 0 Å². The number of aliphatic hydroxyl groups is 6. The highest BCUT2D eigenvalue weighted by atomic mass is 16.4. The minimum Gasteiger partial charge on any atom is -0.510 e. The molecule has 0 spiro atoms. The first kappa shape index (κ1) is 14.3. The summed E-state index contributed by atoms with van der Waals surface area (Å²) in [5, 5.41) is 54.5. The van der Waals surface area contributed by atoms with E-state index in [1.54, 1.807) is 6.92 Å². The molecule has 4 atom stereocenters. The standard InChI is InChI=1S/C9H18O6/c1-2-3-5(11)7(13)9(15)8(14)6(12)4-10/h3,6-15H,2,4H2,1H3/t6-,7+,8-,9-/m1/s1. The van der Waals surface area contributed by atoms with Crippen LogP contribution in [0, 0.1) is 0 Å². The zero-order chi connectivity index (χ0) is 12.0. The van der Waals surface area contributed by atoms with Crippen LogP contribution >= 0.6 is 0 Å². The van der Waals surface area contributed by atoms with E-state index in [9.17, 15) is 20.4 Å². The molecular weight excluding hydrogens is 204 g/mol. The highest BCUT2D eigenvalue weighted by molar-refractivity contribution is 5.02. The van der Waals surface area contributed by atoms with Gasteiger partial charge in [0, 0.05) is 0 Å². The SMILES string of the molecule is CCC=C(O)[C@H](O)[C@@H](O)[C@H](O)[C@H](O)CO. The van der Waals surface area contributed by atoms with Gasteiger partial charge in [-0.1, -0.05) is 6.92 Å². The first-order valence-electron chi connectivity index (χ1n) is 4.67. The van der Waals surface area contributed by atoms with E-state index in [0.717, 1.165) is 0 Å². The van der Waals surface area contributed by atoms with E-state index in [1.165, 1.54) is 6.08 Å². The van der Waals surface area contributed by atoms with Gasteiger partial charge in [0.15, 0.2) is 0 Å². The highest BCUT2D eigenvalue weighted by Crippen LogP contribution is 2.11. The number of rotatable bonds is 6. The molecule has 0 fully saturated rings. The largest absolute Gasteiger partial charge is 0.510 e. The Morgan fingerprint density at radius 2 is 1.67 bits per heavy atom. The lowest BCUT2D eigenvalue weighted by atomic mass is 10.0. The Hall–Kier alpha value is -0.660. The van der Waals surface area contributed by atoms with Crippen LogP contribution in [-0.4, -0.2) is 61.7 Å². The lowest BCUT2D eigenvalue weighted by Crippen LogP contribution is -2.46. The number of allylic oxidation sites excluding steroid dienone is 1. The maximum atomic E-state index is 9.31. The van der Waals surface area contributed by atoms with E-state index in [4.69, 9.17) is 10.2 Å². The quantitative estimate of drug-likeness (QED) is 0.297. The highest BCUT2D eigenvalue weighted by Gasteiger charge is 2.31. The van der Waals surface area contributed by atoms with Crippen LogP contribution in [0.4, 0.5) is 0 Å². The molecule has 0 saturated carbocycles. The van der Waals surface area contributed by atoms with Crippen molar-refractivity contribution in [3.63, 3.8) is 0 Å². The normalized spacial score (nSPS) is 20.8. The Morgan fingerprint density at radius 1 is 1.13 bits per heavy atom. The fraction of sp³-hybridized carbons (Fsp3) is 0.778. The van der Waals surface area contributed by atoms with Gasteiger partial charge in [-0.05, 0) is 12.5 Å². The summed E-state index contributed by atoms with van der Waals surface area (Å²) >= 11 is 0. The molecule has 0 heterocycles. The van der Waals surface area contributed by atoms with Crippen LogP contribution in [0.25, 0.3) is 0 Å². The van der Waals surface area contributed by atoms with Crippen LogP contribution in [0.2, 0.25) is 0 Å². The fourth-order valence-electron chi connectivity index (χ4n) is 1.03. The van der Waals surface area contributed by atoms with Crippen molar-refractivity contribution in [1.29, 1.82) is 0 Å². The first-order chi connectivity index (χ1) is 6.95. The molecule has 0 saturated heterocycles. The molecule has 0 radical (unpaired) electrons. The third-order valence-electron chi connectivity index (χ3n) is 1.97. The molecule has 0 amide bonds. The molecule has 0 aromatic rings. The van der Waals surface area contributed by atoms with Gasteiger partial charge in [-0.15, -0.1) is 0 Å². The molecule has 0 aromatic heterocycles. The summed E-state index contributed by atoms with van der Waals surface area (Å²) < 4.78 is 0. The molecule has 0 unspecified atom stereocenters. The summed E-state index contributed by atoms with van der Waals surface area (Å²) in [5.41, 5.74) is 0. The number of hydrogen-bond acceptors (Lipinski definition) is 6. The second-order valence-electron chi connectivity index (χ2n) is 3.21. The zero-order valence-electron chi connectivity index (χ0n) is 8.48. The Balaban J connectivity index is 4.42. The third-order valence-corrected chi connectivity index (χ3v) is 1.97. The molecule has 0 rings (SSSR count). The molecule has 0 aliphatic carbocycles. The second kappa shape index (κ2) is 6.76. The summed E-state index contributed by atoms with van der Waals surface area (Å²) in [6.45, 7) is 0.970. The molecule has 6 heteroatoms. The van der Waals surface area contributed by atoms with Gasteiger partial charge in [0.05, 0.1) is 6.61 Å². The Kier molecular flexibility index (Phi) is 6.46. The van der Waals surface area contributed by atoms with Crippen LogP contribution in [0.5, 0.6) is 0 Å². The van der Waals surface area contributed by atoms with Gasteiger partial charge in [-0.25, -0.2) is 0 Å². The zero-order valence-corrected chi connectivity index (χ0v) is 8.48. The lowest BCUT2D eigenvalue weighted by molar-refractivity contribution is -0.113. The van der Waals surface area contributed by atoms with Crippen molar-refractivity contribution in [3.05, 3.63) is 11.8 Å². The van der Waals surface area contributed by atoms with Gasteiger partial charge in [0.1, 0.15) is 30.2 Å². The molecule has 0 aromatic carbocycles. The predicted octanol–water partition coefficient (Wildman–Crippen LogP) is -1.73. The van der Waals surface area contributed by atoms with E-state index in [2.05, 4.69) is 0 Å². The van der Waals surface area contributed by atoms with Crippen molar-refractivity contribution in [1.82, 2.24) is 0 Å². The van der Waals surface area contributed by atoms with E-state index >= 15 is 0 Å². The van der Waals surface area contributed by atoms with Crippen LogP contribution in [0.15, 0.2) is 11.8 Å². The summed E-state index contributed by atoms with van der Waals surface area (Å²) in [6, 6.07) is 0. The van der Waals surface area contributed by atoms with Crippen molar-refractivity contribution >= 4 is 0 Å². The summed E-state index contributed by atoms with van der Waals surface area (Å²) in [7, 11) is 0. The van der Waals surface area contributed by atoms with E-state index in [-0.39, 0.29) is 0 Å². The van der Waals surface area contributed by atoms with Gasteiger partial charge in [0.2, 0.25) is 0 Å². The molecule has 0 bridgehead atoms. The average molecular weight is 222 g/mol. The van der Waals surface area contributed by atoms with Crippen molar-refractivity contribution in [2.24, 2.45) is 0 Å². The number of hydrogen-bond donors (Lipinski definition) is 6. The lowest BCUT2D eigenvalue weighted by Gasteiger charge is -2.25. The molecule has 6 nitrogen and oxygen atoms in total. The van der Waals surface area contributed by atoms with E-state index in [1.807, 2.05) is 0 Å². The number of aliphatic hydroxyl groups excluding tert-OH is 6. The third kappa shape index (κ3) is 4.15. The van der Waals surface area contributed by atoms with Crippen LogP contribution < -0.4 is 0 Å². The fourth-order valence-corrected chi connectivity index (χ4v) is 1.03. The first-order valence-corrected chi connectivity index (χ1v) is 4.67. The summed E-state index contributed by atoms with van der Waals surface area (Å²) in [6.07, 6.45) is -5.00. The molecule has 90 valence electrons. The maximum absolute atomic E-state index is 9.31. The minimum atomic E-state index is -1.75. The van der Waals surface area contributed by atoms with Crippen molar-refractivity contribution in [2.75, 3.05) is 6.61 Å². The van der Waals surface area contributed by atoms with Crippen molar-refractivity contribution < 1.29 is 30.6 Å². The van der Waals surface area contributed by atoms with Gasteiger partial charge < -0.3 is 30.6 Å². The van der Waals surface area contributed by atoms with Gasteiger partial charge in [-0.2, -0.15) is 0 Å². The van der Waals surface area contributed by atoms with Gasteiger partial charge >= 0.3 is 0 Å². The predicted molar refractivity (Wildman–Crippen MR) is 52.1 cm³/mol. The molecule has 6 N–H and O–H groups in total. The Morgan fingerprint density at radius 3 is 2.07 bits per heavy atom. The smallest absolute Gasteiger partial charge is 0.139 e. The van der Waals surface area contributed by atoms with Gasteiger partial charge in [-0.3, -0.25) is 0 Å². The minimum absolute atomic E-state index is 0.453. The van der Waals surface area contributed by atoms with Crippen molar-refractivity contribution in [2.45, 2.75) is 37.8 Å². The Bertz CT molecular complexity index is 205. The topological polar surface area (TPSA) is 121 Å². The molecule has 15 heavy (non-hydrogen) atoms. The summed E-state index contributed by atoms with van der Waals surface area (Å²) in [5.74, 6) is -0.478. The average Bonchev–Trinajstić information content (AvgIpc) is 2.25. The second-order valence-corrected chi connectivity index (χ2v) is 3.21. The Labute approximate surface area is 87.7 Å². The van der Waals surface area contributed by atoms with E-state index in [0.29, 0.717) is 6.42 Å². The van der Waals surface area contributed by atoms with E-state index < -0.39 is 36.8 Å². The monoisotopic (exact) mass is 222 g/mol. The molecular formula is C9H18O6. The van der Waals surface area contributed by atoms with Crippen LogP contribution in [-0.2, 0) is 0 Å². The van der Waals surface area contributed by atoms with Crippen molar-refractivity contribution in [3.8, 4) is 0 Å².